The van der Waals surface area contributed by atoms with Crippen molar-refractivity contribution in [1.29, 1.82) is 0 Å². The molecule has 1 saturated heterocycles. The third-order valence-corrected chi connectivity index (χ3v) is 5.94. The maximum absolute atomic E-state index is 13.3. The van der Waals surface area contributed by atoms with E-state index in [1.165, 1.54) is 12.1 Å². The van der Waals surface area contributed by atoms with E-state index >= 15 is 0 Å². The number of piperidine rings is 1. The second-order valence-corrected chi connectivity index (χ2v) is 7.53. The van der Waals surface area contributed by atoms with Crippen LogP contribution in [0.15, 0.2) is 42.7 Å². The van der Waals surface area contributed by atoms with Crippen LogP contribution in [0, 0.1) is 5.82 Å². The van der Waals surface area contributed by atoms with E-state index in [0.717, 1.165) is 37.8 Å². The van der Waals surface area contributed by atoms with Crippen LogP contribution in [0.5, 0.6) is 0 Å². The predicted octanol–water partition coefficient (Wildman–Crippen LogP) is 3.24. The number of nitrogens with one attached hydrogen (secondary N) is 1. The van der Waals surface area contributed by atoms with Crippen molar-refractivity contribution >= 4 is 6.09 Å². The van der Waals surface area contributed by atoms with Crippen LogP contribution < -0.4 is 5.32 Å². The molecular weight excluding hydrogens is 347 g/mol. The van der Waals surface area contributed by atoms with Crippen LogP contribution in [0.2, 0.25) is 0 Å². The lowest BCUT2D eigenvalue weighted by atomic mass is 9.97. The number of hydrogen-bond donors (Lipinski definition) is 2. The fourth-order valence-corrected chi connectivity index (χ4v) is 4.70. The summed E-state index contributed by atoms with van der Waals surface area (Å²) < 4.78 is 15.2. The summed E-state index contributed by atoms with van der Waals surface area (Å²) in [4.78, 5) is 13.9. The molecule has 4 atom stereocenters. The molecule has 2 fully saturated rings. The molecule has 4 unspecified atom stereocenters. The van der Waals surface area contributed by atoms with Crippen molar-refractivity contribution < 1.29 is 14.3 Å². The molecule has 1 saturated carbocycles. The van der Waals surface area contributed by atoms with Crippen molar-refractivity contribution in [3.63, 3.8) is 0 Å². The lowest BCUT2D eigenvalue weighted by molar-refractivity contribution is 0.0745. The summed E-state index contributed by atoms with van der Waals surface area (Å²) in [5, 5.41) is 17.7. The van der Waals surface area contributed by atoms with Crippen LogP contribution in [0.25, 0.3) is 0 Å². The van der Waals surface area contributed by atoms with E-state index in [2.05, 4.69) is 10.4 Å². The molecule has 27 heavy (non-hydrogen) atoms. The number of hydrogen-bond acceptors (Lipinski definition) is 3. The third-order valence-electron chi connectivity index (χ3n) is 5.94. The molecule has 0 bridgehead atoms. The van der Waals surface area contributed by atoms with Gasteiger partial charge in [-0.2, -0.15) is 5.10 Å². The van der Waals surface area contributed by atoms with E-state index < -0.39 is 6.09 Å². The molecule has 144 valence electrons. The molecule has 1 amide bonds. The Kier molecular flexibility index (Phi) is 5.11. The summed E-state index contributed by atoms with van der Waals surface area (Å²) in [6.45, 7) is 1.63. The molecular formula is C20H25FN4O2. The first-order valence-corrected chi connectivity index (χ1v) is 9.60. The maximum atomic E-state index is 13.3. The topological polar surface area (TPSA) is 70.4 Å². The van der Waals surface area contributed by atoms with Gasteiger partial charge in [-0.3, -0.25) is 9.58 Å². The molecule has 6 nitrogen and oxygen atoms in total. The molecule has 7 heteroatoms. The fraction of sp³-hybridized carbons (Fsp3) is 0.500. The minimum atomic E-state index is -0.870. The maximum Gasteiger partial charge on any atom is 0.407 e. The quantitative estimate of drug-likeness (QED) is 0.864. The molecule has 2 aromatic rings. The molecule has 1 aromatic carbocycles. The van der Waals surface area contributed by atoms with Gasteiger partial charge in [0.2, 0.25) is 0 Å². The summed E-state index contributed by atoms with van der Waals surface area (Å²) in [5.74, 6) is -0.0689. The first kappa shape index (κ1) is 18.0. The number of nitrogens with zero attached hydrogens (tertiary/aromatic N) is 3. The minimum absolute atomic E-state index is 0.0203. The zero-order valence-electron chi connectivity index (χ0n) is 15.2. The standard InChI is InChI=1S/C20H25FN4O2/c21-16-6-4-14(5-7-16)15-11-18(24-10-2-9-23-24)19(12-15)25(20(26)27)17-3-1-8-22-13-17/h2,4-7,9-10,15,17-19,22H,1,3,8,11-13H2,(H,26,27). The van der Waals surface area contributed by atoms with Gasteiger partial charge in [0.1, 0.15) is 5.82 Å². The molecule has 1 aromatic heterocycles. The van der Waals surface area contributed by atoms with Gasteiger partial charge in [-0.25, -0.2) is 9.18 Å². The first-order chi connectivity index (χ1) is 13.1. The van der Waals surface area contributed by atoms with Crippen molar-refractivity contribution in [2.24, 2.45) is 0 Å². The molecule has 2 heterocycles. The van der Waals surface area contributed by atoms with Gasteiger partial charge in [0.05, 0.1) is 12.1 Å². The van der Waals surface area contributed by atoms with Crippen LogP contribution in [0.4, 0.5) is 9.18 Å². The highest BCUT2D eigenvalue weighted by Crippen LogP contribution is 2.44. The van der Waals surface area contributed by atoms with Gasteiger partial charge in [0.25, 0.3) is 0 Å². The highest BCUT2D eigenvalue weighted by Gasteiger charge is 2.44. The Balaban J connectivity index is 1.64. The summed E-state index contributed by atoms with van der Waals surface area (Å²) in [6.07, 6.45) is 6.14. The zero-order valence-corrected chi connectivity index (χ0v) is 15.2. The summed E-state index contributed by atoms with van der Waals surface area (Å²) in [5.41, 5.74) is 1.06. The fourth-order valence-electron chi connectivity index (χ4n) is 4.70. The van der Waals surface area contributed by atoms with Gasteiger partial charge in [-0.1, -0.05) is 12.1 Å². The molecule has 1 aliphatic carbocycles. The largest absolute Gasteiger partial charge is 0.465 e. The van der Waals surface area contributed by atoms with Gasteiger partial charge in [0.15, 0.2) is 0 Å². The van der Waals surface area contributed by atoms with Crippen molar-refractivity contribution in [2.45, 2.75) is 49.7 Å². The van der Waals surface area contributed by atoms with Crippen LogP contribution >= 0.6 is 0 Å². The average Bonchev–Trinajstić information content (AvgIpc) is 3.33. The van der Waals surface area contributed by atoms with Gasteiger partial charge in [-0.05, 0) is 61.9 Å². The Hall–Kier alpha value is -2.41. The SMILES string of the molecule is O=C(O)N(C1CCCNC1)C1CC(c2ccc(F)cc2)CC1n1cccn1. The molecule has 0 spiro atoms. The van der Waals surface area contributed by atoms with Crippen molar-refractivity contribution in [2.75, 3.05) is 13.1 Å². The van der Waals surface area contributed by atoms with Gasteiger partial charge in [-0.15, -0.1) is 0 Å². The molecule has 2 N–H and O–H groups in total. The number of carboxylic acid groups (broad SMARTS) is 1. The molecule has 2 aliphatic rings. The number of halogens is 1. The smallest absolute Gasteiger partial charge is 0.407 e. The van der Waals surface area contributed by atoms with Crippen LogP contribution in [0.1, 0.15) is 43.2 Å². The Morgan fingerprint density at radius 2 is 2.11 bits per heavy atom. The minimum Gasteiger partial charge on any atom is -0.465 e. The van der Waals surface area contributed by atoms with E-state index in [0.29, 0.717) is 6.54 Å². The number of carbonyl (C=O) groups is 1. The van der Waals surface area contributed by atoms with Crippen molar-refractivity contribution in [3.8, 4) is 0 Å². The van der Waals surface area contributed by atoms with Crippen molar-refractivity contribution in [1.82, 2.24) is 20.0 Å². The number of amides is 1. The zero-order chi connectivity index (χ0) is 18.8. The van der Waals surface area contributed by atoms with Crippen LogP contribution in [0.3, 0.4) is 0 Å². The second kappa shape index (κ2) is 7.68. The Morgan fingerprint density at radius 3 is 2.74 bits per heavy atom. The normalized spacial score (nSPS) is 28.2. The number of benzene rings is 1. The Morgan fingerprint density at radius 1 is 1.30 bits per heavy atom. The number of rotatable bonds is 4. The van der Waals surface area contributed by atoms with E-state index in [4.69, 9.17) is 0 Å². The Bertz CT molecular complexity index is 759. The highest BCUT2D eigenvalue weighted by atomic mass is 19.1. The van der Waals surface area contributed by atoms with E-state index in [-0.39, 0.29) is 29.9 Å². The summed E-state index contributed by atoms with van der Waals surface area (Å²) in [7, 11) is 0. The predicted molar refractivity (Wildman–Crippen MR) is 99.2 cm³/mol. The highest BCUT2D eigenvalue weighted by molar-refractivity contribution is 5.66. The molecule has 0 radical (unpaired) electrons. The van der Waals surface area contributed by atoms with Gasteiger partial charge in [0, 0.05) is 25.0 Å². The molecule has 1 aliphatic heterocycles. The van der Waals surface area contributed by atoms with Crippen molar-refractivity contribution in [3.05, 3.63) is 54.1 Å². The lowest BCUT2D eigenvalue weighted by Gasteiger charge is -2.39. The van der Waals surface area contributed by atoms with E-state index in [9.17, 15) is 14.3 Å². The monoisotopic (exact) mass is 372 g/mol. The van der Waals surface area contributed by atoms with E-state index in [1.54, 1.807) is 11.1 Å². The van der Waals surface area contributed by atoms with Gasteiger partial charge < -0.3 is 10.4 Å². The Labute approximate surface area is 158 Å². The van der Waals surface area contributed by atoms with Crippen LogP contribution in [-0.4, -0.2) is 51.1 Å². The second-order valence-electron chi connectivity index (χ2n) is 7.53. The summed E-state index contributed by atoms with van der Waals surface area (Å²) in [6, 6.07) is 8.26. The molecule has 4 rings (SSSR count). The van der Waals surface area contributed by atoms with E-state index in [1.807, 2.05) is 29.1 Å². The third kappa shape index (κ3) is 3.69. The lowest BCUT2D eigenvalue weighted by Crippen LogP contribution is -2.54. The first-order valence-electron chi connectivity index (χ1n) is 9.60. The average molecular weight is 372 g/mol. The summed E-state index contributed by atoms with van der Waals surface area (Å²) >= 11 is 0. The van der Waals surface area contributed by atoms with Crippen LogP contribution in [-0.2, 0) is 0 Å². The number of aromatic nitrogens is 2. The van der Waals surface area contributed by atoms with Gasteiger partial charge >= 0.3 is 6.09 Å².